The van der Waals surface area contributed by atoms with Crippen molar-refractivity contribution >= 4 is 17.6 Å². The van der Waals surface area contributed by atoms with Crippen LogP contribution in [0.2, 0.25) is 0 Å². The monoisotopic (exact) mass is 260 g/mol. The quantitative estimate of drug-likeness (QED) is 0.717. The molecule has 1 aromatic carbocycles. The fourth-order valence-electron chi connectivity index (χ4n) is 1.69. The predicted molar refractivity (Wildman–Crippen MR) is 74.9 cm³/mol. The predicted octanol–water partition coefficient (Wildman–Crippen LogP) is 4.87. The van der Waals surface area contributed by atoms with Gasteiger partial charge in [-0.05, 0) is 30.0 Å². The van der Waals surface area contributed by atoms with Gasteiger partial charge in [-0.3, -0.25) is 4.79 Å². The Morgan fingerprint density at radius 2 is 2.00 bits per heavy atom. The topological polar surface area (TPSA) is 26.3 Å². The van der Waals surface area contributed by atoms with Gasteiger partial charge in [-0.25, -0.2) is 0 Å². The summed E-state index contributed by atoms with van der Waals surface area (Å²) in [6, 6.07) is 9.88. The van der Waals surface area contributed by atoms with E-state index in [-0.39, 0.29) is 0 Å². The van der Waals surface area contributed by atoms with E-state index in [9.17, 15) is 4.79 Å². The largest absolute Gasteiger partial charge is 0.456 e. The van der Waals surface area contributed by atoms with Crippen molar-refractivity contribution in [3.63, 3.8) is 0 Å². The number of aldehydes is 1. The third kappa shape index (κ3) is 2.99. The normalized spacial score (nSPS) is 12.1. The summed E-state index contributed by atoms with van der Waals surface area (Å²) in [5.41, 5.74) is 1.32. The molecule has 0 aliphatic heterocycles. The van der Waals surface area contributed by atoms with Gasteiger partial charge in [0.05, 0.1) is 4.88 Å². The molecule has 1 unspecified atom stereocenters. The van der Waals surface area contributed by atoms with Crippen LogP contribution >= 0.6 is 11.3 Å². The van der Waals surface area contributed by atoms with Crippen LogP contribution in [0.3, 0.4) is 0 Å². The molecule has 0 radical (unpaired) electrons. The molecule has 0 aliphatic rings. The SMILES string of the molecule is CCC(C)c1ccc(Oc2csc(C=O)c2)cc1. The van der Waals surface area contributed by atoms with Gasteiger partial charge in [0.2, 0.25) is 0 Å². The third-order valence-corrected chi connectivity index (χ3v) is 3.85. The lowest BCUT2D eigenvalue weighted by Crippen LogP contribution is -1.90. The molecule has 0 fully saturated rings. The second-order valence-corrected chi connectivity index (χ2v) is 5.23. The zero-order valence-electron chi connectivity index (χ0n) is 10.6. The number of carbonyl (C=O) groups is 1. The van der Waals surface area contributed by atoms with Gasteiger partial charge < -0.3 is 4.74 Å². The van der Waals surface area contributed by atoms with E-state index < -0.39 is 0 Å². The molecular formula is C15H16O2S. The Labute approximate surface area is 111 Å². The molecule has 2 aromatic rings. The summed E-state index contributed by atoms with van der Waals surface area (Å²) < 4.78 is 5.68. The van der Waals surface area contributed by atoms with E-state index in [1.54, 1.807) is 6.07 Å². The Morgan fingerprint density at radius 1 is 1.28 bits per heavy atom. The summed E-state index contributed by atoms with van der Waals surface area (Å²) in [6.07, 6.45) is 1.97. The van der Waals surface area contributed by atoms with E-state index in [4.69, 9.17) is 4.74 Å². The number of rotatable bonds is 5. The number of hydrogen-bond donors (Lipinski definition) is 0. The standard InChI is InChI=1S/C15H16O2S/c1-3-11(2)12-4-6-13(7-5-12)17-14-8-15(9-16)18-10-14/h4-11H,3H2,1-2H3. The van der Waals surface area contributed by atoms with Gasteiger partial charge in [0.15, 0.2) is 6.29 Å². The average Bonchev–Trinajstić information content (AvgIpc) is 2.86. The zero-order chi connectivity index (χ0) is 13.0. The summed E-state index contributed by atoms with van der Waals surface area (Å²) in [7, 11) is 0. The number of hydrogen-bond acceptors (Lipinski definition) is 3. The molecule has 2 rings (SSSR count). The summed E-state index contributed by atoms with van der Waals surface area (Å²) >= 11 is 1.39. The van der Waals surface area contributed by atoms with E-state index in [0.29, 0.717) is 10.8 Å². The van der Waals surface area contributed by atoms with Gasteiger partial charge in [-0.15, -0.1) is 11.3 Å². The van der Waals surface area contributed by atoms with Gasteiger partial charge in [0.1, 0.15) is 11.5 Å². The van der Waals surface area contributed by atoms with Crippen LogP contribution < -0.4 is 4.74 Å². The summed E-state index contributed by atoms with van der Waals surface area (Å²) in [4.78, 5) is 11.3. The first-order valence-corrected chi connectivity index (χ1v) is 6.92. The number of carbonyl (C=O) groups excluding carboxylic acids is 1. The molecule has 0 saturated carbocycles. The smallest absolute Gasteiger partial charge is 0.160 e. The minimum absolute atomic E-state index is 0.571. The minimum atomic E-state index is 0.571. The van der Waals surface area contributed by atoms with Crippen molar-refractivity contribution in [2.24, 2.45) is 0 Å². The molecule has 2 nitrogen and oxygen atoms in total. The first-order valence-electron chi connectivity index (χ1n) is 6.04. The molecule has 1 aromatic heterocycles. The second-order valence-electron chi connectivity index (χ2n) is 4.28. The van der Waals surface area contributed by atoms with E-state index in [0.717, 1.165) is 24.2 Å². The van der Waals surface area contributed by atoms with Gasteiger partial charge in [-0.2, -0.15) is 0 Å². The average molecular weight is 260 g/mol. The fourth-order valence-corrected chi connectivity index (χ4v) is 2.29. The molecule has 1 atom stereocenters. The maximum Gasteiger partial charge on any atom is 0.160 e. The summed E-state index contributed by atoms with van der Waals surface area (Å²) in [6.45, 7) is 4.40. The van der Waals surface area contributed by atoms with Crippen LogP contribution in [0.15, 0.2) is 35.7 Å². The number of ether oxygens (including phenoxy) is 1. The highest BCUT2D eigenvalue weighted by Crippen LogP contribution is 2.27. The third-order valence-electron chi connectivity index (χ3n) is 3.01. The lowest BCUT2D eigenvalue weighted by molar-refractivity contribution is 0.112. The van der Waals surface area contributed by atoms with Crippen LogP contribution in [-0.4, -0.2) is 6.29 Å². The van der Waals surface area contributed by atoms with Crippen LogP contribution in [0.4, 0.5) is 0 Å². The first-order chi connectivity index (χ1) is 8.72. The van der Waals surface area contributed by atoms with Crippen LogP contribution in [0.5, 0.6) is 11.5 Å². The maximum absolute atomic E-state index is 10.6. The Morgan fingerprint density at radius 3 is 2.56 bits per heavy atom. The highest BCUT2D eigenvalue weighted by atomic mass is 32.1. The maximum atomic E-state index is 10.6. The van der Waals surface area contributed by atoms with Crippen LogP contribution in [-0.2, 0) is 0 Å². The molecule has 18 heavy (non-hydrogen) atoms. The van der Waals surface area contributed by atoms with Crippen LogP contribution in [0.1, 0.15) is 41.4 Å². The van der Waals surface area contributed by atoms with Crippen LogP contribution in [0.25, 0.3) is 0 Å². The van der Waals surface area contributed by atoms with E-state index in [1.807, 2.05) is 17.5 Å². The molecular weight excluding hydrogens is 244 g/mol. The van der Waals surface area contributed by atoms with Crippen molar-refractivity contribution in [3.05, 3.63) is 46.2 Å². The molecule has 0 aliphatic carbocycles. The minimum Gasteiger partial charge on any atom is -0.456 e. The van der Waals surface area contributed by atoms with E-state index in [1.165, 1.54) is 16.9 Å². The van der Waals surface area contributed by atoms with Crippen LogP contribution in [0, 0.1) is 0 Å². The van der Waals surface area contributed by atoms with Crippen molar-refractivity contribution in [2.45, 2.75) is 26.2 Å². The van der Waals surface area contributed by atoms with E-state index in [2.05, 4.69) is 26.0 Å². The van der Waals surface area contributed by atoms with Crippen molar-refractivity contribution in [1.29, 1.82) is 0 Å². The molecule has 0 bridgehead atoms. The van der Waals surface area contributed by atoms with Crippen molar-refractivity contribution in [1.82, 2.24) is 0 Å². The van der Waals surface area contributed by atoms with E-state index >= 15 is 0 Å². The first kappa shape index (κ1) is 12.8. The molecule has 0 saturated heterocycles. The van der Waals surface area contributed by atoms with Crippen molar-refractivity contribution in [3.8, 4) is 11.5 Å². The Kier molecular flexibility index (Phi) is 4.15. The van der Waals surface area contributed by atoms with Gasteiger partial charge >= 0.3 is 0 Å². The second kappa shape index (κ2) is 5.83. The molecule has 1 heterocycles. The fraction of sp³-hybridized carbons (Fsp3) is 0.267. The highest BCUT2D eigenvalue weighted by molar-refractivity contribution is 7.11. The Balaban J connectivity index is 2.08. The molecule has 94 valence electrons. The van der Waals surface area contributed by atoms with Gasteiger partial charge in [0.25, 0.3) is 0 Å². The summed E-state index contributed by atoms with van der Waals surface area (Å²) in [5, 5.41) is 1.84. The lowest BCUT2D eigenvalue weighted by atomic mass is 9.99. The highest BCUT2D eigenvalue weighted by Gasteiger charge is 2.04. The lowest BCUT2D eigenvalue weighted by Gasteiger charge is -2.09. The number of thiophene rings is 1. The number of benzene rings is 1. The van der Waals surface area contributed by atoms with Gasteiger partial charge in [-0.1, -0.05) is 26.0 Å². The summed E-state index contributed by atoms with van der Waals surface area (Å²) in [5.74, 6) is 2.09. The molecule has 0 spiro atoms. The zero-order valence-corrected chi connectivity index (χ0v) is 11.4. The Hall–Kier alpha value is -1.61. The Bertz CT molecular complexity index is 514. The molecule has 0 amide bonds. The van der Waals surface area contributed by atoms with Crippen molar-refractivity contribution < 1.29 is 9.53 Å². The van der Waals surface area contributed by atoms with Gasteiger partial charge in [0, 0.05) is 11.4 Å². The van der Waals surface area contributed by atoms with Crippen molar-refractivity contribution in [2.75, 3.05) is 0 Å². The molecule has 3 heteroatoms. The molecule has 0 N–H and O–H groups in total.